The second-order valence-corrected chi connectivity index (χ2v) is 2.44. The van der Waals surface area contributed by atoms with Crippen LogP contribution in [0.2, 0.25) is 0 Å². The summed E-state index contributed by atoms with van der Waals surface area (Å²) < 4.78 is 0. The van der Waals surface area contributed by atoms with Crippen molar-refractivity contribution < 1.29 is 0 Å². The fourth-order valence-electron chi connectivity index (χ4n) is 0.874. The van der Waals surface area contributed by atoms with Crippen molar-refractivity contribution in [3.05, 3.63) is 23.8 Å². The Morgan fingerprint density at radius 3 is 2.09 bits per heavy atom. The minimum Gasteiger partial charge on any atom is -0.167 e. The first-order valence-corrected chi connectivity index (χ1v) is 3.44. The third kappa shape index (κ3) is 2.94. The highest BCUT2D eigenvalue weighted by molar-refractivity contribution is 6.01. The third-order valence-corrected chi connectivity index (χ3v) is 1.35. The summed E-state index contributed by atoms with van der Waals surface area (Å²) in [5.74, 6) is 0. The van der Waals surface area contributed by atoms with Crippen molar-refractivity contribution in [1.82, 2.24) is 0 Å². The van der Waals surface area contributed by atoms with Crippen LogP contribution >= 0.6 is 0 Å². The summed E-state index contributed by atoms with van der Waals surface area (Å²) in [6, 6.07) is 0. The van der Waals surface area contributed by atoms with Gasteiger partial charge in [0.25, 0.3) is 0 Å². The minimum absolute atomic E-state index is 0.856. The lowest BCUT2D eigenvalue weighted by atomic mass is 10.1. The van der Waals surface area contributed by atoms with Crippen LogP contribution in [0, 0.1) is 0 Å². The largest absolute Gasteiger partial charge is 0.167 e. The Morgan fingerprint density at radius 1 is 1.27 bits per heavy atom. The van der Waals surface area contributed by atoms with Crippen LogP contribution < -0.4 is 0 Å². The van der Waals surface area contributed by atoms with Crippen LogP contribution in [0.3, 0.4) is 0 Å². The van der Waals surface area contributed by atoms with Crippen molar-refractivity contribution in [2.24, 2.45) is 10.2 Å². The lowest BCUT2D eigenvalue weighted by Crippen LogP contribution is -1.95. The van der Waals surface area contributed by atoms with Crippen molar-refractivity contribution in [2.45, 2.75) is 20.8 Å². The molecule has 0 aromatic heterocycles. The van der Waals surface area contributed by atoms with Gasteiger partial charge in [-0.05, 0) is 26.3 Å². The summed E-state index contributed by atoms with van der Waals surface area (Å²) in [4.78, 5) is 0. The molecule has 2 heteroatoms. The summed E-state index contributed by atoms with van der Waals surface area (Å²) in [7, 11) is 0. The van der Waals surface area contributed by atoms with Crippen molar-refractivity contribution in [2.75, 3.05) is 0 Å². The first-order valence-electron chi connectivity index (χ1n) is 3.44. The molecule has 0 aromatic rings. The average Bonchev–Trinajstić information content (AvgIpc) is 1.88. The Bertz CT molecular complexity index is 218. The predicted molar refractivity (Wildman–Crippen MR) is 51.2 cm³/mol. The Labute approximate surface area is 68.0 Å². The van der Waals surface area contributed by atoms with E-state index in [0.29, 0.717) is 0 Å². The highest BCUT2D eigenvalue weighted by Gasteiger charge is 1.97. The molecule has 0 aliphatic carbocycles. The fourth-order valence-corrected chi connectivity index (χ4v) is 0.874. The number of rotatable bonds is 3. The monoisotopic (exact) mass is 150 g/mol. The molecule has 11 heavy (non-hydrogen) atoms. The van der Waals surface area contributed by atoms with E-state index in [1.807, 2.05) is 20.8 Å². The summed E-state index contributed by atoms with van der Waals surface area (Å²) in [5.41, 5.74) is 3.08. The van der Waals surface area contributed by atoms with Crippen molar-refractivity contribution in [1.29, 1.82) is 0 Å². The van der Waals surface area contributed by atoms with Gasteiger partial charge in [-0.15, -0.1) is 0 Å². The average molecular weight is 150 g/mol. The lowest BCUT2D eigenvalue weighted by molar-refractivity contribution is 1.24. The maximum atomic E-state index is 3.82. The van der Waals surface area contributed by atoms with E-state index < -0.39 is 0 Å². The van der Waals surface area contributed by atoms with E-state index in [0.717, 1.165) is 11.3 Å². The topological polar surface area (TPSA) is 24.7 Å². The van der Waals surface area contributed by atoms with Crippen LogP contribution in [0.1, 0.15) is 20.8 Å². The zero-order valence-corrected chi connectivity index (χ0v) is 7.39. The number of hydrogen-bond acceptors (Lipinski definition) is 2. The van der Waals surface area contributed by atoms with Crippen LogP contribution in [-0.4, -0.2) is 12.4 Å². The van der Waals surface area contributed by atoms with Crippen LogP contribution in [0.25, 0.3) is 0 Å². The van der Waals surface area contributed by atoms with Gasteiger partial charge >= 0.3 is 0 Å². The molecule has 0 aromatic carbocycles. The van der Waals surface area contributed by atoms with Crippen molar-refractivity contribution >= 4 is 12.4 Å². The maximum Gasteiger partial charge on any atom is 0.0670 e. The summed E-state index contributed by atoms with van der Waals surface area (Å²) >= 11 is 0. The highest BCUT2D eigenvalue weighted by Crippen LogP contribution is 2.06. The predicted octanol–water partition coefficient (Wildman–Crippen LogP) is 2.59. The molecule has 0 rings (SSSR count). The molecule has 0 radical (unpaired) electrons. The first-order chi connectivity index (χ1) is 5.13. The number of nitrogens with zero attached hydrogens (tertiary/aromatic N) is 2. The van der Waals surface area contributed by atoms with Gasteiger partial charge in [0.1, 0.15) is 0 Å². The van der Waals surface area contributed by atoms with E-state index in [9.17, 15) is 0 Å². The molecule has 0 heterocycles. The fraction of sp³-hybridized carbons (Fsp3) is 0.333. The number of allylic oxidation sites excluding steroid dienone is 3. The maximum absolute atomic E-state index is 3.82. The molecular formula is C9H14N2. The van der Waals surface area contributed by atoms with Crippen LogP contribution in [0.4, 0.5) is 0 Å². The lowest BCUT2D eigenvalue weighted by Gasteiger charge is -2.00. The molecule has 60 valence electrons. The quantitative estimate of drug-likeness (QED) is 0.335. The zero-order valence-electron chi connectivity index (χ0n) is 7.39. The second-order valence-electron chi connectivity index (χ2n) is 2.44. The number of hydrogen-bond donors (Lipinski definition) is 0. The second kappa shape index (κ2) is 4.61. The summed E-state index contributed by atoms with van der Waals surface area (Å²) in [6.07, 6.45) is 1.78. The Morgan fingerprint density at radius 2 is 1.82 bits per heavy atom. The molecule has 0 atom stereocenters. The van der Waals surface area contributed by atoms with E-state index in [4.69, 9.17) is 0 Å². The molecule has 0 saturated heterocycles. The van der Waals surface area contributed by atoms with Gasteiger partial charge in [-0.25, -0.2) is 0 Å². The molecule has 0 aliphatic rings. The molecule has 0 saturated carbocycles. The van der Waals surface area contributed by atoms with Gasteiger partial charge < -0.3 is 0 Å². The SMILES string of the molecule is C=CC(=C(C)C)/C(C)=N\N=C. The molecular weight excluding hydrogens is 136 g/mol. The minimum atomic E-state index is 0.856. The van der Waals surface area contributed by atoms with Gasteiger partial charge in [0.15, 0.2) is 0 Å². The first kappa shape index (κ1) is 9.82. The smallest absolute Gasteiger partial charge is 0.0670 e. The van der Waals surface area contributed by atoms with Gasteiger partial charge in [0.2, 0.25) is 0 Å². The molecule has 0 spiro atoms. The highest BCUT2D eigenvalue weighted by atomic mass is 15.2. The molecule has 0 fully saturated rings. The van der Waals surface area contributed by atoms with E-state index in [1.165, 1.54) is 5.57 Å². The van der Waals surface area contributed by atoms with Gasteiger partial charge in [-0.1, -0.05) is 18.2 Å². The molecule has 0 aliphatic heterocycles. The van der Waals surface area contributed by atoms with E-state index in [2.05, 4.69) is 23.5 Å². The Balaban J connectivity index is 4.81. The normalized spacial score (nSPS) is 10.6. The van der Waals surface area contributed by atoms with Gasteiger partial charge in [-0.3, -0.25) is 0 Å². The molecule has 0 unspecified atom stereocenters. The Hall–Kier alpha value is -1.18. The zero-order chi connectivity index (χ0) is 8.85. The van der Waals surface area contributed by atoms with E-state index >= 15 is 0 Å². The van der Waals surface area contributed by atoms with E-state index in [-0.39, 0.29) is 0 Å². The third-order valence-electron chi connectivity index (χ3n) is 1.35. The van der Waals surface area contributed by atoms with Crippen LogP contribution in [0.5, 0.6) is 0 Å². The van der Waals surface area contributed by atoms with Gasteiger partial charge in [0.05, 0.1) is 5.71 Å². The van der Waals surface area contributed by atoms with Crippen LogP contribution in [0.15, 0.2) is 34.0 Å². The van der Waals surface area contributed by atoms with Gasteiger partial charge in [0, 0.05) is 6.72 Å². The molecule has 0 amide bonds. The van der Waals surface area contributed by atoms with Crippen LogP contribution in [-0.2, 0) is 0 Å². The molecule has 2 nitrogen and oxygen atoms in total. The summed E-state index contributed by atoms with van der Waals surface area (Å²) in [6.45, 7) is 12.9. The standard InChI is InChI=1S/C9H14N2/c1-6-9(7(2)3)8(4)11-10-5/h6H,1,5H2,2-4H3/b11-8-. The summed E-state index contributed by atoms with van der Waals surface area (Å²) in [5, 5.41) is 7.26. The van der Waals surface area contributed by atoms with E-state index in [1.54, 1.807) is 6.08 Å². The van der Waals surface area contributed by atoms with Crippen molar-refractivity contribution in [3.8, 4) is 0 Å². The van der Waals surface area contributed by atoms with Gasteiger partial charge in [-0.2, -0.15) is 10.2 Å². The molecule has 0 N–H and O–H groups in total. The Kier molecular flexibility index (Phi) is 4.11. The molecule has 0 bridgehead atoms. The van der Waals surface area contributed by atoms with Crippen molar-refractivity contribution in [3.63, 3.8) is 0 Å².